The highest BCUT2D eigenvalue weighted by Gasteiger charge is 2.33. The highest BCUT2D eigenvalue weighted by Crippen LogP contribution is 2.36. The summed E-state index contributed by atoms with van der Waals surface area (Å²) in [7, 11) is -3.71. The zero-order valence-corrected chi connectivity index (χ0v) is 19.3. The van der Waals surface area contributed by atoms with E-state index in [2.05, 4.69) is 15.5 Å². The van der Waals surface area contributed by atoms with Gasteiger partial charge in [0.2, 0.25) is 15.0 Å². The number of nitrogens with zero attached hydrogens (tertiary/aromatic N) is 3. The smallest absolute Gasteiger partial charge is 0.286 e. The number of anilines is 1. The molecule has 0 aliphatic carbocycles. The maximum absolute atomic E-state index is 13.3. The van der Waals surface area contributed by atoms with Gasteiger partial charge in [0, 0.05) is 30.8 Å². The maximum atomic E-state index is 13.3. The van der Waals surface area contributed by atoms with E-state index in [9.17, 15) is 13.2 Å². The lowest BCUT2D eigenvalue weighted by atomic mass is 10.0. The van der Waals surface area contributed by atoms with Gasteiger partial charge in [0.25, 0.3) is 5.91 Å². The lowest BCUT2D eigenvalue weighted by molar-refractivity contribution is 0.102. The summed E-state index contributed by atoms with van der Waals surface area (Å²) in [5.74, 6) is 0.531. The predicted octanol–water partition coefficient (Wildman–Crippen LogP) is 3.13. The van der Waals surface area contributed by atoms with Gasteiger partial charge in [-0.3, -0.25) is 4.79 Å². The van der Waals surface area contributed by atoms with Crippen LogP contribution in [0.1, 0.15) is 33.6 Å². The Bertz CT molecular complexity index is 1260. The van der Waals surface area contributed by atoms with E-state index >= 15 is 0 Å². The molecule has 0 unspecified atom stereocenters. The van der Waals surface area contributed by atoms with Gasteiger partial charge in [0.1, 0.15) is 18.2 Å². The Morgan fingerprint density at radius 2 is 1.85 bits per heavy atom. The Morgan fingerprint density at radius 3 is 2.67 bits per heavy atom. The topological polar surface area (TPSA) is 111 Å². The number of rotatable bonds is 5. The number of sulfonamides is 1. The van der Waals surface area contributed by atoms with Crippen LogP contribution in [0, 0.1) is 0 Å². The molecule has 2 aromatic carbocycles. The van der Waals surface area contributed by atoms with Crippen LogP contribution < -0.4 is 14.8 Å². The fourth-order valence-electron chi connectivity index (χ4n) is 3.89. The molecular formula is C22H22N4O5S2. The van der Waals surface area contributed by atoms with Gasteiger partial charge in [-0.2, -0.15) is 4.31 Å². The van der Waals surface area contributed by atoms with Crippen LogP contribution in [0.2, 0.25) is 0 Å². The van der Waals surface area contributed by atoms with E-state index in [1.807, 2.05) is 18.2 Å². The summed E-state index contributed by atoms with van der Waals surface area (Å²) in [6, 6.07) is 13.8. The summed E-state index contributed by atoms with van der Waals surface area (Å²) in [5.41, 5.74) is 0.675. The van der Waals surface area contributed by atoms with Crippen molar-refractivity contribution in [2.45, 2.75) is 23.7 Å². The Balaban J connectivity index is 1.30. The molecule has 1 N–H and O–H groups in total. The molecule has 5 rings (SSSR count). The fourth-order valence-corrected chi connectivity index (χ4v) is 6.30. The van der Waals surface area contributed by atoms with Crippen molar-refractivity contribution in [1.82, 2.24) is 14.5 Å². The highest BCUT2D eigenvalue weighted by atomic mass is 32.2. The van der Waals surface area contributed by atoms with E-state index in [4.69, 9.17) is 9.47 Å². The first kappa shape index (κ1) is 21.8. The highest BCUT2D eigenvalue weighted by molar-refractivity contribution is 7.89. The van der Waals surface area contributed by atoms with Gasteiger partial charge >= 0.3 is 0 Å². The number of carbonyl (C=O) groups is 1. The molecular weight excluding hydrogens is 464 g/mol. The maximum Gasteiger partial charge on any atom is 0.286 e. The monoisotopic (exact) mass is 486 g/mol. The molecule has 9 nitrogen and oxygen atoms in total. The molecule has 3 heterocycles. The Labute approximate surface area is 195 Å². The van der Waals surface area contributed by atoms with Crippen LogP contribution in [-0.2, 0) is 10.0 Å². The minimum Gasteiger partial charge on any atom is -0.486 e. The van der Waals surface area contributed by atoms with Crippen molar-refractivity contribution in [3.8, 4) is 11.5 Å². The predicted molar refractivity (Wildman–Crippen MR) is 122 cm³/mol. The largest absolute Gasteiger partial charge is 0.486 e. The third-order valence-electron chi connectivity index (χ3n) is 5.55. The van der Waals surface area contributed by atoms with E-state index < -0.39 is 10.0 Å². The van der Waals surface area contributed by atoms with Gasteiger partial charge < -0.3 is 14.8 Å². The van der Waals surface area contributed by atoms with Gasteiger partial charge in [-0.1, -0.05) is 29.5 Å². The van der Waals surface area contributed by atoms with Crippen LogP contribution in [0.25, 0.3) is 0 Å². The summed E-state index contributed by atoms with van der Waals surface area (Å²) in [6.07, 6.45) is 1.47. The second-order valence-corrected chi connectivity index (χ2v) is 10.7. The van der Waals surface area contributed by atoms with Crippen LogP contribution in [0.5, 0.6) is 11.5 Å². The molecule has 2 aliphatic rings. The van der Waals surface area contributed by atoms with Gasteiger partial charge in [-0.25, -0.2) is 8.42 Å². The van der Waals surface area contributed by atoms with E-state index in [0.717, 1.165) is 6.42 Å². The fraction of sp³-hybridized carbons (Fsp3) is 0.318. The van der Waals surface area contributed by atoms with E-state index in [0.29, 0.717) is 48.4 Å². The van der Waals surface area contributed by atoms with E-state index in [1.165, 1.54) is 21.7 Å². The van der Waals surface area contributed by atoms with Crippen LogP contribution in [0.3, 0.4) is 0 Å². The molecule has 1 fully saturated rings. The Morgan fingerprint density at radius 1 is 1.06 bits per heavy atom. The summed E-state index contributed by atoms with van der Waals surface area (Å²) < 4.78 is 39.1. The molecule has 1 atom stereocenters. The molecule has 2 aliphatic heterocycles. The second-order valence-electron chi connectivity index (χ2n) is 7.77. The van der Waals surface area contributed by atoms with Crippen LogP contribution in [-0.4, -0.2) is 55.1 Å². The molecule has 1 aromatic heterocycles. The van der Waals surface area contributed by atoms with Gasteiger partial charge in [-0.05, 0) is 37.1 Å². The third-order valence-corrected chi connectivity index (χ3v) is 8.50. The minimum atomic E-state index is -3.71. The molecule has 172 valence electrons. The summed E-state index contributed by atoms with van der Waals surface area (Å²) in [6.45, 7) is 1.54. The number of aromatic nitrogens is 2. The number of amides is 1. The first-order chi connectivity index (χ1) is 16.0. The first-order valence-corrected chi connectivity index (χ1v) is 12.9. The Hall–Kier alpha value is -3.02. The summed E-state index contributed by atoms with van der Waals surface area (Å²) >= 11 is 1.20. The lowest BCUT2D eigenvalue weighted by Gasteiger charge is -2.31. The number of hydrogen-bond donors (Lipinski definition) is 1. The van der Waals surface area contributed by atoms with Crippen molar-refractivity contribution in [2.24, 2.45) is 0 Å². The molecule has 1 amide bonds. The molecule has 0 saturated carbocycles. The average molecular weight is 487 g/mol. The first-order valence-electron chi connectivity index (χ1n) is 10.6. The standard InChI is InChI=1S/C22H22N4O5S2/c27-20(23-16-6-2-1-3-7-16)22-25-24-21(32-22)15-5-4-10-26(14-15)33(28,29)17-8-9-18-19(13-17)31-12-11-30-18/h1-3,6-9,13,15H,4-5,10-12,14H2,(H,23,27)/t15-/m0/s1. The van der Waals surface area contributed by atoms with Crippen LogP contribution in [0.15, 0.2) is 53.4 Å². The number of fused-ring (bicyclic) bond motifs is 1. The van der Waals surface area contributed by atoms with E-state index in [1.54, 1.807) is 24.3 Å². The van der Waals surface area contributed by atoms with Gasteiger partial charge in [0.05, 0.1) is 4.90 Å². The number of carbonyl (C=O) groups excluding carboxylic acids is 1. The SMILES string of the molecule is O=C(Nc1ccccc1)c1nnc([C@H]2CCCN(S(=O)(=O)c3ccc4c(c3)OCCO4)C2)s1. The third kappa shape index (κ3) is 4.56. The van der Waals surface area contributed by atoms with Crippen molar-refractivity contribution in [3.63, 3.8) is 0 Å². The van der Waals surface area contributed by atoms with Gasteiger partial charge in [-0.15, -0.1) is 10.2 Å². The number of ether oxygens (including phenoxy) is 2. The van der Waals surface area contributed by atoms with Crippen LogP contribution >= 0.6 is 11.3 Å². The van der Waals surface area contributed by atoms with E-state index in [-0.39, 0.29) is 28.3 Å². The second kappa shape index (κ2) is 9.08. The van der Waals surface area contributed by atoms with Crippen molar-refractivity contribution in [3.05, 3.63) is 58.5 Å². The molecule has 0 radical (unpaired) electrons. The number of benzene rings is 2. The summed E-state index contributed by atoms with van der Waals surface area (Å²) in [4.78, 5) is 12.7. The van der Waals surface area contributed by atoms with Crippen LogP contribution in [0.4, 0.5) is 5.69 Å². The van der Waals surface area contributed by atoms with Crippen molar-refractivity contribution in [1.29, 1.82) is 0 Å². The zero-order valence-electron chi connectivity index (χ0n) is 17.6. The van der Waals surface area contributed by atoms with Gasteiger partial charge in [0.15, 0.2) is 11.5 Å². The lowest BCUT2D eigenvalue weighted by Crippen LogP contribution is -2.39. The average Bonchev–Trinajstić information content (AvgIpc) is 3.35. The van der Waals surface area contributed by atoms with Crippen molar-refractivity contribution >= 4 is 33.0 Å². The zero-order chi connectivity index (χ0) is 22.8. The molecule has 11 heteroatoms. The van der Waals surface area contributed by atoms with Crippen molar-refractivity contribution < 1.29 is 22.7 Å². The summed E-state index contributed by atoms with van der Waals surface area (Å²) in [5, 5.41) is 11.9. The van der Waals surface area contributed by atoms with Crippen molar-refractivity contribution in [2.75, 3.05) is 31.6 Å². The molecule has 0 spiro atoms. The molecule has 1 saturated heterocycles. The number of hydrogen-bond acceptors (Lipinski definition) is 8. The molecule has 3 aromatic rings. The Kier molecular flexibility index (Phi) is 6.00. The molecule has 0 bridgehead atoms. The normalized spacial score (nSPS) is 18.6. The minimum absolute atomic E-state index is 0.124. The molecule has 33 heavy (non-hydrogen) atoms. The number of piperidine rings is 1. The number of nitrogens with one attached hydrogen (secondary N) is 1. The quantitative estimate of drug-likeness (QED) is 0.590. The number of para-hydroxylation sites is 1.